The number of hydrogen-bond donors (Lipinski definition) is 2. The average molecular weight is 215 g/mol. The molecule has 5 nitrogen and oxygen atoms in total. The third kappa shape index (κ3) is 6.79. The van der Waals surface area contributed by atoms with Crippen molar-refractivity contribution < 1.29 is 19.5 Å². The van der Waals surface area contributed by atoms with Crippen molar-refractivity contribution in [1.29, 1.82) is 0 Å². The number of rotatable bonds is 8. The van der Waals surface area contributed by atoms with Crippen LogP contribution in [0.4, 0.5) is 0 Å². The Kier molecular flexibility index (Phi) is 6.53. The monoisotopic (exact) mass is 215 g/mol. The molecule has 0 unspecified atom stereocenters. The molecule has 0 spiro atoms. The minimum atomic E-state index is -1.00. The van der Waals surface area contributed by atoms with Crippen LogP contribution >= 0.6 is 0 Å². The number of nitrogens with two attached hydrogens (primary N) is 1. The molecule has 15 heavy (non-hydrogen) atoms. The SMILES string of the molecule is CC(=O)C(=O)CCCCC[C@H](N)C(=O)O. The third-order valence-electron chi connectivity index (χ3n) is 2.13. The average Bonchev–Trinajstić information content (AvgIpc) is 2.16. The van der Waals surface area contributed by atoms with Gasteiger partial charge in [0.1, 0.15) is 6.04 Å². The molecule has 0 bridgehead atoms. The number of unbranched alkanes of at least 4 members (excludes halogenated alkanes) is 2. The smallest absolute Gasteiger partial charge is 0.320 e. The number of Topliss-reactive ketones (excluding diaryl/α,β-unsaturated/α-hetero) is 2. The molecule has 0 aliphatic heterocycles. The highest BCUT2D eigenvalue weighted by Crippen LogP contribution is 2.05. The lowest BCUT2D eigenvalue weighted by molar-refractivity contribution is -0.138. The van der Waals surface area contributed by atoms with Gasteiger partial charge in [-0.1, -0.05) is 12.8 Å². The van der Waals surface area contributed by atoms with Crippen LogP contribution in [0.3, 0.4) is 0 Å². The molecule has 5 heteroatoms. The fraction of sp³-hybridized carbons (Fsp3) is 0.700. The Balaban J connectivity index is 3.44. The number of carboxylic acid groups (broad SMARTS) is 1. The van der Waals surface area contributed by atoms with Crippen LogP contribution in [0.15, 0.2) is 0 Å². The Bertz CT molecular complexity index is 250. The van der Waals surface area contributed by atoms with E-state index in [1.807, 2.05) is 0 Å². The molecule has 86 valence electrons. The van der Waals surface area contributed by atoms with Crippen LogP contribution in [-0.4, -0.2) is 28.7 Å². The zero-order valence-electron chi connectivity index (χ0n) is 8.86. The van der Waals surface area contributed by atoms with Crippen molar-refractivity contribution in [3.63, 3.8) is 0 Å². The summed E-state index contributed by atoms with van der Waals surface area (Å²) >= 11 is 0. The predicted molar refractivity (Wildman–Crippen MR) is 54.4 cm³/mol. The van der Waals surface area contributed by atoms with Gasteiger partial charge in [0.25, 0.3) is 0 Å². The van der Waals surface area contributed by atoms with Gasteiger partial charge in [-0.3, -0.25) is 14.4 Å². The highest BCUT2D eigenvalue weighted by Gasteiger charge is 2.11. The van der Waals surface area contributed by atoms with Gasteiger partial charge in [-0.2, -0.15) is 0 Å². The second kappa shape index (κ2) is 7.11. The lowest BCUT2D eigenvalue weighted by Gasteiger charge is -2.04. The number of carboxylic acids is 1. The molecule has 0 saturated carbocycles. The molecule has 0 aliphatic rings. The van der Waals surface area contributed by atoms with Crippen LogP contribution in [-0.2, 0) is 14.4 Å². The summed E-state index contributed by atoms with van der Waals surface area (Å²) in [6.07, 6.45) is 2.66. The second-order valence-corrected chi connectivity index (χ2v) is 3.52. The molecule has 0 amide bonds. The summed E-state index contributed by atoms with van der Waals surface area (Å²) in [5, 5.41) is 8.48. The van der Waals surface area contributed by atoms with Crippen LogP contribution in [0.2, 0.25) is 0 Å². The first kappa shape index (κ1) is 13.8. The van der Waals surface area contributed by atoms with Gasteiger partial charge in [0.15, 0.2) is 11.6 Å². The van der Waals surface area contributed by atoms with Gasteiger partial charge in [-0.05, 0) is 12.8 Å². The molecule has 0 aromatic carbocycles. The first-order chi connectivity index (χ1) is 6.95. The summed E-state index contributed by atoms with van der Waals surface area (Å²) < 4.78 is 0. The zero-order chi connectivity index (χ0) is 11.8. The molecule has 0 rings (SSSR count). The maximum Gasteiger partial charge on any atom is 0.320 e. The molecular formula is C10H17NO4. The van der Waals surface area contributed by atoms with E-state index >= 15 is 0 Å². The quantitative estimate of drug-likeness (QED) is 0.454. The predicted octanol–water partition coefficient (Wildman–Crippen LogP) is 0.507. The minimum Gasteiger partial charge on any atom is -0.480 e. The van der Waals surface area contributed by atoms with Gasteiger partial charge in [0.05, 0.1) is 0 Å². The van der Waals surface area contributed by atoms with Crippen molar-refractivity contribution >= 4 is 17.5 Å². The van der Waals surface area contributed by atoms with Gasteiger partial charge in [0, 0.05) is 13.3 Å². The van der Waals surface area contributed by atoms with Crippen molar-refractivity contribution in [3.05, 3.63) is 0 Å². The summed E-state index contributed by atoms with van der Waals surface area (Å²) in [5.41, 5.74) is 5.29. The summed E-state index contributed by atoms with van der Waals surface area (Å²) in [4.78, 5) is 31.8. The Labute approximate surface area is 88.6 Å². The molecule has 0 aromatic heterocycles. The number of aliphatic carboxylic acids is 1. The topological polar surface area (TPSA) is 97.5 Å². The van der Waals surface area contributed by atoms with Crippen LogP contribution in [0.1, 0.15) is 39.0 Å². The molecule has 0 heterocycles. The van der Waals surface area contributed by atoms with E-state index < -0.39 is 17.8 Å². The van der Waals surface area contributed by atoms with E-state index in [0.29, 0.717) is 19.3 Å². The van der Waals surface area contributed by atoms with E-state index in [-0.39, 0.29) is 12.2 Å². The fourth-order valence-corrected chi connectivity index (χ4v) is 1.13. The summed E-state index contributed by atoms with van der Waals surface area (Å²) in [6, 6.07) is -0.825. The number of hydrogen-bond acceptors (Lipinski definition) is 4. The molecule has 0 aliphatic carbocycles. The minimum absolute atomic E-state index is 0.248. The Morgan fingerprint density at radius 2 is 1.80 bits per heavy atom. The second-order valence-electron chi connectivity index (χ2n) is 3.52. The molecule has 0 aromatic rings. The van der Waals surface area contributed by atoms with E-state index in [1.54, 1.807) is 0 Å². The Morgan fingerprint density at radius 3 is 2.27 bits per heavy atom. The van der Waals surface area contributed by atoms with E-state index in [1.165, 1.54) is 6.92 Å². The molecule has 0 fully saturated rings. The van der Waals surface area contributed by atoms with Crippen LogP contribution < -0.4 is 5.73 Å². The van der Waals surface area contributed by atoms with E-state index in [4.69, 9.17) is 10.8 Å². The van der Waals surface area contributed by atoms with Gasteiger partial charge in [-0.25, -0.2) is 0 Å². The van der Waals surface area contributed by atoms with Gasteiger partial charge in [0.2, 0.25) is 0 Å². The summed E-state index contributed by atoms with van der Waals surface area (Å²) in [5.74, 6) is -1.79. The van der Waals surface area contributed by atoms with Crippen molar-refractivity contribution in [3.8, 4) is 0 Å². The van der Waals surface area contributed by atoms with E-state index in [9.17, 15) is 14.4 Å². The largest absolute Gasteiger partial charge is 0.480 e. The van der Waals surface area contributed by atoms with Crippen LogP contribution in [0.5, 0.6) is 0 Å². The highest BCUT2D eigenvalue weighted by molar-refractivity contribution is 6.36. The van der Waals surface area contributed by atoms with Crippen LogP contribution in [0, 0.1) is 0 Å². The third-order valence-corrected chi connectivity index (χ3v) is 2.13. The van der Waals surface area contributed by atoms with Gasteiger partial charge >= 0.3 is 5.97 Å². The maximum atomic E-state index is 10.9. The maximum absolute atomic E-state index is 10.9. The lowest BCUT2D eigenvalue weighted by Crippen LogP contribution is -2.29. The van der Waals surface area contributed by atoms with Crippen molar-refractivity contribution in [2.24, 2.45) is 5.73 Å². The molecular weight excluding hydrogens is 198 g/mol. The highest BCUT2D eigenvalue weighted by atomic mass is 16.4. The molecule has 0 saturated heterocycles. The summed E-state index contributed by atoms with van der Waals surface area (Å²) in [7, 11) is 0. The summed E-state index contributed by atoms with van der Waals surface area (Å²) in [6.45, 7) is 1.25. The number of carbonyl (C=O) groups is 3. The van der Waals surface area contributed by atoms with Crippen LogP contribution in [0.25, 0.3) is 0 Å². The lowest BCUT2D eigenvalue weighted by atomic mass is 10.1. The van der Waals surface area contributed by atoms with Gasteiger partial charge < -0.3 is 10.8 Å². The normalized spacial score (nSPS) is 12.1. The first-order valence-corrected chi connectivity index (χ1v) is 4.97. The standard InChI is InChI=1S/C10H17NO4/c1-7(12)9(13)6-4-2-3-5-8(11)10(14)15/h8H,2-6,11H2,1H3,(H,14,15)/t8-/m0/s1. The molecule has 1 atom stereocenters. The number of ketones is 2. The zero-order valence-corrected chi connectivity index (χ0v) is 8.86. The molecule has 3 N–H and O–H groups in total. The van der Waals surface area contributed by atoms with Gasteiger partial charge in [-0.15, -0.1) is 0 Å². The molecule has 0 radical (unpaired) electrons. The van der Waals surface area contributed by atoms with Crippen molar-refractivity contribution in [2.45, 2.75) is 45.1 Å². The van der Waals surface area contributed by atoms with E-state index in [2.05, 4.69) is 0 Å². The van der Waals surface area contributed by atoms with E-state index in [0.717, 1.165) is 6.42 Å². The Morgan fingerprint density at radius 1 is 1.20 bits per heavy atom. The van der Waals surface area contributed by atoms with Crippen molar-refractivity contribution in [1.82, 2.24) is 0 Å². The fourth-order valence-electron chi connectivity index (χ4n) is 1.13. The first-order valence-electron chi connectivity index (χ1n) is 4.97. The number of carbonyl (C=O) groups excluding carboxylic acids is 2. The Hall–Kier alpha value is -1.23. The van der Waals surface area contributed by atoms with Crippen molar-refractivity contribution in [2.75, 3.05) is 0 Å².